The molecule has 1 N–H and O–H groups in total. The number of halogens is 1. The van der Waals surface area contributed by atoms with E-state index in [4.69, 9.17) is 4.74 Å². The molecule has 0 aromatic carbocycles. The van der Waals surface area contributed by atoms with Gasteiger partial charge in [-0.05, 0) is 31.4 Å². The van der Waals surface area contributed by atoms with Crippen molar-refractivity contribution >= 4 is 0 Å². The van der Waals surface area contributed by atoms with E-state index < -0.39 is 0 Å². The number of hydrogen-bond donors (Lipinski definition) is 1. The Morgan fingerprint density at radius 1 is 1.56 bits per heavy atom. The summed E-state index contributed by atoms with van der Waals surface area (Å²) < 4.78 is 19.0. The highest BCUT2D eigenvalue weighted by atomic mass is 19.1. The average Bonchev–Trinajstić information content (AvgIpc) is 2.28. The molecule has 100 valence electrons. The number of ether oxygens (including phenoxy) is 1. The van der Waals surface area contributed by atoms with Gasteiger partial charge < -0.3 is 10.1 Å². The lowest BCUT2D eigenvalue weighted by Crippen LogP contribution is -2.49. The lowest BCUT2D eigenvalue weighted by Gasteiger charge is -2.40. The number of hydrogen-bond acceptors (Lipinski definition) is 3. The van der Waals surface area contributed by atoms with Crippen LogP contribution in [0.5, 0.6) is 0 Å². The van der Waals surface area contributed by atoms with Crippen LogP contribution in [0.1, 0.15) is 39.0 Å². The lowest BCUT2D eigenvalue weighted by atomic mass is 9.92. The van der Waals surface area contributed by atoms with Crippen LogP contribution >= 0.6 is 0 Å². The van der Waals surface area contributed by atoms with Crippen LogP contribution in [-0.4, -0.2) is 23.7 Å². The Morgan fingerprint density at radius 3 is 2.94 bits per heavy atom. The van der Waals surface area contributed by atoms with Crippen molar-refractivity contribution in [2.24, 2.45) is 5.92 Å². The minimum Gasteiger partial charge on any atom is -0.363 e. The zero-order chi connectivity index (χ0) is 13.2. The van der Waals surface area contributed by atoms with Crippen LogP contribution in [0, 0.1) is 11.7 Å². The molecule has 2 atom stereocenters. The average molecular weight is 252 g/mol. The van der Waals surface area contributed by atoms with Crippen LogP contribution in [0.15, 0.2) is 18.3 Å². The second-order valence-corrected chi connectivity index (χ2v) is 5.69. The van der Waals surface area contributed by atoms with Crippen molar-refractivity contribution < 1.29 is 9.13 Å². The first-order valence-corrected chi connectivity index (χ1v) is 6.48. The molecule has 2 unspecified atom stereocenters. The molecule has 0 radical (unpaired) electrons. The van der Waals surface area contributed by atoms with Crippen molar-refractivity contribution in [1.82, 2.24) is 10.3 Å². The van der Waals surface area contributed by atoms with Crippen LogP contribution < -0.4 is 5.32 Å². The summed E-state index contributed by atoms with van der Waals surface area (Å²) in [7, 11) is 0. The molecule has 1 saturated heterocycles. The molecule has 4 heteroatoms. The fourth-order valence-electron chi connectivity index (χ4n) is 2.62. The van der Waals surface area contributed by atoms with Gasteiger partial charge in [0.1, 0.15) is 11.9 Å². The van der Waals surface area contributed by atoms with E-state index in [0.717, 1.165) is 25.2 Å². The van der Waals surface area contributed by atoms with Crippen LogP contribution in [0.3, 0.4) is 0 Å². The van der Waals surface area contributed by atoms with Gasteiger partial charge in [0, 0.05) is 13.1 Å². The van der Waals surface area contributed by atoms with Crippen LogP contribution in [0.25, 0.3) is 0 Å². The van der Waals surface area contributed by atoms with Gasteiger partial charge in [0.05, 0.1) is 17.5 Å². The number of morpholine rings is 1. The van der Waals surface area contributed by atoms with E-state index in [1.54, 1.807) is 6.07 Å². The zero-order valence-corrected chi connectivity index (χ0v) is 11.2. The van der Waals surface area contributed by atoms with Crippen molar-refractivity contribution in [2.45, 2.75) is 38.9 Å². The maximum Gasteiger partial charge on any atom is 0.141 e. The van der Waals surface area contributed by atoms with E-state index in [-0.39, 0.29) is 17.5 Å². The van der Waals surface area contributed by atoms with Crippen molar-refractivity contribution in [2.75, 3.05) is 13.1 Å². The Bertz CT molecular complexity index is 393. The Labute approximate surface area is 108 Å². The predicted molar refractivity (Wildman–Crippen MR) is 68.8 cm³/mol. The van der Waals surface area contributed by atoms with Gasteiger partial charge >= 0.3 is 0 Å². The van der Waals surface area contributed by atoms with Gasteiger partial charge in [0.15, 0.2) is 0 Å². The molecule has 1 aromatic heterocycles. The molecule has 0 aliphatic carbocycles. The predicted octanol–water partition coefficient (Wildman–Crippen LogP) is 2.69. The summed E-state index contributed by atoms with van der Waals surface area (Å²) in [5.41, 5.74) is 0.617. The third-order valence-corrected chi connectivity index (χ3v) is 3.18. The third-order valence-electron chi connectivity index (χ3n) is 3.18. The first-order valence-electron chi connectivity index (χ1n) is 6.48. The Hall–Kier alpha value is -1.00. The fraction of sp³-hybridized carbons (Fsp3) is 0.643. The summed E-state index contributed by atoms with van der Waals surface area (Å²) in [6.45, 7) is 8.08. The minimum absolute atomic E-state index is 0.0944. The number of nitrogens with one attached hydrogen (secondary N) is 1. The Balaban J connectivity index is 2.08. The molecular formula is C14H21FN2O. The quantitative estimate of drug-likeness (QED) is 0.898. The molecule has 18 heavy (non-hydrogen) atoms. The van der Waals surface area contributed by atoms with Crippen molar-refractivity contribution in [1.29, 1.82) is 0 Å². The van der Waals surface area contributed by atoms with E-state index in [2.05, 4.69) is 31.1 Å². The molecule has 1 fully saturated rings. The molecule has 0 spiro atoms. The number of aromatic nitrogens is 1. The summed E-state index contributed by atoms with van der Waals surface area (Å²) >= 11 is 0. The van der Waals surface area contributed by atoms with Gasteiger partial charge in [-0.3, -0.25) is 4.98 Å². The minimum atomic E-state index is -0.313. The summed E-state index contributed by atoms with van der Waals surface area (Å²) in [4.78, 5) is 4.11. The summed E-state index contributed by atoms with van der Waals surface area (Å²) in [5, 5.41) is 3.39. The lowest BCUT2D eigenvalue weighted by molar-refractivity contribution is -0.118. The van der Waals surface area contributed by atoms with E-state index in [0.29, 0.717) is 5.92 Å². The Morgan fingerprint density at radius 2 is 2.33 bits per heavy atom. The fourth-order valence-corrected chi connectivity index (χ4v) is 2.62. The monoisotopic (exact) mass is 252 g/mol. The van der Waals surface area contributed by atoms with Crippen LogP contribution in [-0.2, 0) is 4.74 Å². The first-order chi connectivity index (χ1) is 8.48. The summed E-state index contributed by atoms with van der Waals surface area (Å²) in [6.07, 6.45) is 2.15. The highest BCUT2D eigenvalue weighted by molar-refractivity contribution is 5.10. The summed E-state index contributed by atoms with van der Waals surface area (Å²) in [5.74, 6) is 0.268. The smallest absolute Gasteiger partial charge is 0.141 e. The molecule has 0 amide bonds. The molecule has 0 saturated carbocycles. The first kappa shape index (κ1) is 13.4. The van der Waals surface area contributed by atoms with E-state index in [1.807, 2.05) is 0 Å². The highest BCUT2D eigenvalue weighted by Crippen LogP contribution is 2.30. The van der Waals surface area contributed by atoms with Gasteiger partial charge in [0.25, 0.3) is 0 Å². The highest BCUT2D eigenvalue weighted by Gasteiger charge is 2.34. The van der Waals surface area contributed by atoms with Gasteiger partial charge in [-0.1, -0.05) is 13.8 Å². The van der Waals surface area contributed by atoms with E-state index in [1.165, 1.54) is 12.3 Å². The number of nitrogens with zero attached hydrogens (tertiary/aromatic N) is 1. The molecule has 2 rings (SSSR count). The van der Waals surface area contributed by atoms with E-state index >= 15 is 0 Å². The largest absolute Gasteiger partial charge is 0.363 e. The van der Waals surface area contributed by atoms with Crippen LogP contribution in [0.4, 0.5) is 4.39 Å². The van der Waals surface area contributed by atoms with Gasteiger partial charge in [-0.15, -0.1) is 0 Å². The molecule has 1 aliphatic rings. The normalized spacial score (nSPS) is 28.6. The third kappa shape index (κ3) is 3.27. The SMILES string of the molecule is CC(C)CC1(C)CNCC(c2ccc(F)cn2)O1. The standard InChI is InChI=1S/C14H21FN2O/c1-10(2)6-14(3)9-16-8-13(18-14)12-5-4-11(15)7-17-12/h4-5,7,10,13,16H,6,8-9H2,1-3H3. The van der Waals surface area contributed by atoms with Crippen molar-refractivity contribution in [3.8, 4) is 0 Å². The molecule has 3 nitrogen and oxygen atoms in total. The topological polar surface area (TPSA) is 34.2 Å². The maximum absolute atomic E-state index is 12.9. The zero-order valence-electron chi connectivity index (χ0n) is 11.2. The van der Waals surface area contributed by atoms with Gasteiger partial charge in [-0.2, -0.15) is 0 Å². The molecule has 2 heterocycles. The van der Waals surface area contributed by atoms with E-state index in [9.17, 15) is 4.39 Å². The Kier molecular flexibility index (Phi) is 3.97. The molecule has 1 aromatic rings. The van der Waals surface area contributed by atoms with Crippen molar-refractivity contribution in [3.63, 3.8) is 0 Å². The second-order valence-electron chi connectivity index (χ2n) is 5.69. The molecule has 1 aliphatic heterocycles. The molecule has 0 bridgehead atoms. The number of pyridine rings is 1. The van der Waals surface area contributed by atoms with Crippen molar-refractivity contribution in [3.05, 3.63) is 29.8 Å². The van der Waals surface area contributed by atoms with Crippen LogP contribution in [0.2, 0.25) is 0 Å². The van der Waals surface area contributed by atoms with Gasteiger partial charge in [0.2, 0.25) is 0 Å². The second kappa shape index (κ2) is 5.33. The molecular weight excluding hydrogens is 231 g/mol. The maximum atomic E-state index is 12.9. The summed E-state index contributed by atoms with van der Waals surface area (Å²) in [6, 6.07) is 3.13. The number of rotatable bonds is 3. The van der Waals surface area contributed by atoms with Gasteiger partial charge in [-0.25, -0.2) is 4.39 Å².